The normalized spacial score (nSPS) is 10.5. The molecule has 0 aliphatic carbocycles. The largest absolute Gasteiger partial charge is 0.340 e. The Kier molecular flexibility index (Phi) is 5.65. The molecule has 3 aromatic rings. The summed E-state index contributed by atoms with van der Waals surface area (Å²) in [6.07, 6.45) is 5.53. The second-order valence-electron chi connectivity index (χ2n) is 5.85. The number of carbonyl (C=O) groups is 1. The maximum absolute atomic E-state index is 13.3. The number of likely N-dealkylation sites (N-methyl/N-ethyl adjacent to an activating group) is 1. The Bertz CT molecular complexity index is 936. The Labute approximate surface area is 154 Å². The van der Waals surface area contributed by atoms with E-state index in [-0.39, 0.29) is 23.2 Å². The van der Waals surface area contributed by atoms with Crippen LogP contribution in [0, 0.1) is 11.6 Å². The van der Waals surface area contributed by atoms with Gasteiger partial charge in [-0.05, 0) is 42.3 Å². The van der Waals surface area contributed by atoms with Crippen LogP contribution in [0.2, 0.25) is 0 Å². The van der Waals surface area contributed by atoms with Crippen LogP contribution < -0.4 is 5.32 Å². The van der Waals surface area contributed by atoms with Crippen LogP contribution >= 0.6 is 0 Å². The van der Waals surface area contributed by atoms with Gasteiger partial charge in [0, 0.05) is 43.9 Å². The van der Waals surface area contributed by atoms with Crippen molar-refractivity contribution in [1.82, 2.24) is 19.9 Å². The SMILES string of the molecule is CN(CCc1ccncc1)C(=O)c1ccnc(Nc2ccc(F)c(F)c2)n1. The number of carbonyl (C=O) groups excluding carboxylic acids is 1. The summed E-state index contributed by atoms with van der Waals surface area (Å²) in [7, 11) is 1.69. The van der Waals surface area contributed by atoms with Crippen LogP contribution in [-0.4, -0.2) is 39.4 Å². The molecular weight excluding hydrogens is 352 g/mol. The van der Waals surface area contributed by atoms with E-state index in [1.165, 1.54) is 18.3 Å². The predicted molar refractivity (Wildman–Crippen MR) is 96.6 cm³/mol. The lowest BCUT2D eigenvalue weighted by molar-refractivity contribution is 0.0791. The summed E-state index contributed by atoms with van der Waals surface area (Å²) in [6.45, 7) is 0.513. The van der Waals surface area contributed by atoms with Crippen molar-refractivity contribution >= 4 is 17.5 Å². The number of anilines is 2. The van der Waals surface area contributed by atoms with E-state index in [1.54, 1.807) is 24.3 Å². The summed E-state index contributed by atoms with van der Waals surface area (Å²) >= 11 is 0. The van der Waals surface area contributed by atoms with Crippen LogP contribution in [0.25, 0.3) is 0 Å². The third kappa shape index (κ3) is 4.81. The van der Waals surface area contributed by atoms with Crippen molar-refractivity contribution in [2.45, 2.75) is 6.42 Å². The third-order valence-corrected chi connectivity index (χ3v) is 3.88. The summed E-state index contributed by atoms with van der Waals surface area (Å²) in [4.78, 5) is 26.2. The van der Waals surface area contributed by atoms with Crippen molar-refractivity contribution in [3.63, 3.8) is 0 Å². The van der Waals surface area contributed by atoms with Gasteiger partial charge in [0.2, 0.25) is 5.95 Å². The number of hydrogen-bond acceptors (Lipinski definition) is 5. The van der Waals surface area contributed by atoms with Gasteiger partial charge in [0.05, 0.1) is 0 Å². The van der Waals surface area contributed by atoms with Gasteiger partial charge in [-0.2, -0.15) is 0 Å². The van der Waals surface area contributed by atoms with Gasteiger partial charge in [0.1, 0.15) is 5.69 Å². The molecule has 1 aromatic carbocycles. The van der Waals surface area contributed by atoms with Crippen LogP contribution in [0.4, 0.5) is 20.4 Å². The molecule has 2 heterocycles. The van der Waals surface area contributed by atoms with Gasteiger partial charge in [-0.3, -0.25) is 9.78 Å². The van der Waals surface area contributed by atoms with Gasteiger partial charge in [-0.1, -0.05) is 0 Å². The van der Waals surface area contributed by atoms with Crippen LogP contribution in [0.1, 0.15) is 16.1 Å². The van der Waals surface area contributed by atoms with Crippen molar-refractivity contribution in [2.24, 2.45) is 0 Å². The zero-order valence-corrected chi connectivity index (χ0v) is 14.6. The molecule has 0 unspecified atom stereocenters. The number of halogens is 2. The second-order valence-corrected chi connectivity index (χ2v) is 5.85. The molecule has 6 nitrogen and oxygen atoms in total. The molecule has 8 heteroatoms. The number of amides is 1. The van der Waals surface area contributed by atoms with Gasteiger partial charge >= 0.3 is 0 Å². The molecule has 0 aliphatic rings. The minimum Gasteiger partial charge on any atom is -0.340 e. The second kappa shape index (κ2) is 8.31. The maximum Gasteiger partial charge on any atom is 0.272 e. The van der Waals surface area contributed by atoms with Crippen LogP contribution in [-0.2, 0) is 6.42 Å². The summed E-state index contributed by atoms with van der Waals surface area (Å²) in [5, 5.41) is 2.76. The van der Waals surface area contributed by atoms with Crippen LogP contribution in [0.5, 0.6) is 0 Å². The number of nitrogens with zero attached hydrogens (tertiary/aromatic N) is 4. The van der Waals surface area contributed by atoms with E-state index >= 15 is 0 Å². The van der Waals surface area contributed by atoms with E-state index < -0.39 is 11.6 Å². The summed E-state index contributed by atoms with van der Waals surface area (Å²) in [5.74, 6) is -2.07. The van der Waals surface area contributed by atoms with E-state index in [9.17, 15) is 13.6 Å². The number of nitrogens with one attached hydrogen (secondary N) is 1. The molecule has 0 atom stereocenters. The first-order valence-electron chi connectivity index (χ1n) is 8.22. The minimum absolute atomic E-state index is 0.120. The van der Waals surface area contributed by atoms with Crippen LogP contribution in [0.3, 0.4) is 0 Å². The molecule has 0 saturated carbocycles. The first kappa shape index (κ1) is 18.4. The monoisotopic (exact) mass is 369 g/mol. The highest BCUT2D eigenvalue weighted by molar-refractivity contribution is 5.92. The fourth-order valence-electron chi connectivity index (χ4n) is 2.38. The molecule has 0 aliphatic heterocycles. The number of aromatic nitrogens is 3. The van der Waals surface area contributed by atoms with Gasteiger partial charge in [-0.15, -0.1) is 0 Å². The quantitative estimate of drug-likeness (QED) is 0.722. The van der Waals surface area contributed by atoms with E-state index in [4.69, 9.17) is 0 Å². The fourth-order valence-corrected chi connectivity index (χ4v) is 2.38. The molecule has 27 heavy (non-hydrogen) atoms. The topological polar surface area (TPSA) is 71.0 Å². The first-order valence-corrected chi connectivity index (χ1v) is 8.22. The number of benzene rings is 1. The summed E-state index contributed by atoms with van der Waals surface area (Å²) in [5.41, 5.74) is 1.56. The number of rotatable bonds is 6. The Balaban J connectivity index is 1.66. The van der Waals surface area contributed by atoms with Gasteiger partial charge in [0.15, 0.2) is 11.6 Å². The van der Waals surface area contributed by atoms with Crippen molar-refractivity contribution in [2.75, 3.05) is 18.9 Å². The minimum atomic E-state index is -0.983. The van der Waals surface area contributed by atoms with Crippen molar-refractivity contribution in [3.05, 3.63) is 77.9 Å². The lowest BCUT2D eigenvalue weighted by atomic mass is 10.2. The molecule has 2 aromatic heterocycles. The molecule has 0 saturated heterocycles. The summed E-state index contributed by atoms with van der Waals surface area (Å²) in [6, 6.07) is 8.64. The number of pyridine rings is 1. The smallest absolute Gasteiger partial charge is 0.272 e. The Morgan fingerprint density at radius 3 is 2.59 bits per heavy atom. The fraction of sp³-hybridized carbons (Fsp3) is 0.158. The van der Waals surface area contributed by atoms with Crippen molar-refractivity contribution < 1.29 is 13.6 Å². The van der Waals surface area contributed by atoms with Gasteiger partial charge < -0.3 is 10.2 Å². The molecule has 1 amide bonds. The average molecular weight is 369 g/mol. The maximum atomic E-state index is 13.3. The first-order chi connectivity index (χ1) is 13.0. The molecule has 0 spiro atoms. The van der Waals surface area contributed by atoms with E-state index in [0.29, 0.717) is 13.0 Å². The molecule has 1 N–H and O–H groups in total. The Morgan fingerprint density at radius 1 is 1.07 bits per heavy atom. The molecular formula is C19H17F2N5O. The van der Waals surface area contributed by atoms with Crippen molar-refractivity contribution in [1.29, 1.82) is 0 Å². The lowest BCUT2D eigenvalue weighted by Crippen LogP contribution is -2.29. The Morgan fingerprint density at radius 2 is 1.85 bits per heavy atom. The lowest BCUT2D eigenvalue weighted by Gasteiger charge is -2.17. The van der Waals surface area contributed by atoms with E-state index in [2.05, 4.69) is 20.3 Å². The molecule has 3 rings (SSSR count). The highest BCUT2D eigenvalue weighted by Gasteiger charge is 2.14. The van der Waals surface area contributed by atoms with Gasteiger partial charge in [0.25, 0.3) is 5.91 Å². The number of hydrogen-bond donors (Lipinski definition) is 1. The third-order valence-electron chi connectivity index (χ3n) is 3.88. The van der Waals surface area contributed by atoms with Crippen LogP contribution in [0.15, 0.2) is 55.0 Å². The molecule has 0 radical (unpaired) electrons. The highest BCUT2D eigenvalue weighted by Crippen LogP contribution is 2.16. The zero-order valence-electron chi connectivity index (χ0n) is 14.6. The van der Waals surface area contributed by atoms with E-state index in [1.807, 2.05) is 12.1 Å². The average Bonchev–Trinajstić information content (AvgIpc) is 2.69. The molecule has 138 valence electrons. The predicted octanol–water partition coefficient (Wildman–Crippen LogP) is 3.21. The summed E-state index contributed by atoms with van der Waals surface area (Å²) < 4.78 is 26.3. The molecule has 0 fully saturated rings. The highest BCUT2D eigenvalue weighted by atomic mass is 19.2. The molecule has 0 bridgehead atoms. The van der Waals surface area contributed by atoms with E-state index in [0.717, 1.165) is 17.7 Å². The van der Waals surface area contributed by atoms with Gasteiger partial charge in [-0.25, -0.2) is 18.7 Å². The van der Waals surface area contributed by atoms with Crippen molar-refractivity contribution in [3.8, 4) is 0 Å². The zero-order chi connectivity index (χ0) is 19.2. The standard InChI is InChI=1S/C19H17F2N5O/c1-26(11-7-13-4-8-22-9-5-13)18(27)17-6-10-23-19(25-17)24-14-2-3-15(20)16(21)12-14/h2-6,8-10,12H,7,11H2,1H3,(H,23,24,25). The Hall–Kier alpha value is -3.42.